The molecule has 0 aliphatic heterocycles. The van der Waals surface area contributed by atoms with Gasteiger partial charge in [-0.2, -0.15) is 5.10 Å². The molecule has 0 atom stereocenters. The number of fused-ring (bicyclic) bond motifs is 2. The van der Waals surface area contributed by atoms with Crippen LogP contribution in [0, 0.1) is 5.92 Å². The third-order valence-corrected chi connectivity index (χ3v) is 4.53. The van der Waals surface area contributed by atoms with E-state index in [9.17, 15) is 9.59 Å². The fourth-order valence-electron chi connectivity index (χ4n) is 3.24. The Bertz CT molecular complexity index is 1240. The van der Waals surface area contributed by atoms with Gasteiger partial charge in [0.2, 0.25) is 0 Å². The van der Waals surface area contributed by atoms with E-state index in [0.717, 1.165) is 10.8 Å². The minimum absolute atomic E-state index is 0.143. The SMILES string of the molecule is CC(C)Cn1nc(C(=O)Oc2ccc3ccccc3c2)c2ccccc2c1=O. The van der Waals surface area contributed by atoms with Crippen molar-refractivity contribution in [2.45, 2.75) is 20.4 Å². The van der Waals surface area contributed by atoms with E-state index in [1.165, 1.54) is 4.68 Å². The molecule has 0 unspecified atom stereocenters. The number of nitrogens with zero attached hydrogens (tertiary/aromatic N) is 2. The van der Waals surface area contributed by atoms with E-state index in [2.05, 4.69) is 5.10 Å². The predicted molar refractivity (Wildman–Crippen MR) is 110 cm³/mol. The van der Waals surface area contributed by atoms with Crippen LogP contribution in [0.3, 0.4) is 0 Å². The van der Waals surface area contributed by atoms with Crippen LogP contribution in [0.5, 0.6) is 5.75 Å². The number of aromatic nitrogens is 2. The fourth-order valence-corrected chi connectivity index (χ4v) is 3.24. The van der Waals surface area contributed by atoms with Crippen molar-refractivity contribution in [3.8, 4) is 5.75 Å². The maximum Gasteiger partial charge on any atom is 0.364 e. The molecule has 4 aromatic rings. The summed E-state index contributed by atoms with van der Waals surface area (Å²) in [4.78, 5) is 25.6. The average Bonchev–Trinajstić information content (AvgIpc) is 2.69. The van der Waals surface area contributed by atoms with Gasteiger partial charge in [-0.25, -0.2) is 9.48 Å². The maximum absolute atomic E-state index is 12.9. The number of carbonyl (C=O) groups is 1. The molecule has 5 heteroatoms. The summed E-state index contributed by atoms with van der Waals surface area (Å²) in [5.74, 6) is 0.0795. The molecule has 0 bridgehead atoms. The number of hydrogen-bond acceptors (Lipinski definition) is 4. The Balaban J connectivity index is 1.77. The molecule has 1 aromatic heterocycles. The molecule has 0 spiro atoms. The first kappa shape index (κ1) is 17.9. The Morgan fingerprint density at radius 1 is 0.964 bits per heavy atom. The molecule has 140 valence electrons. The number of hydrogen-bond donors (Lipinski definition) is 0. The molecule has 5 nitrogen and oxygen atoms in total. The number of esters is 1. The molecule has 0 amide bonds. The molecule has 1 heterocycles. The van der Waals surface area contributed by atoms with Crippen LogP contribution in [-0.4, -0.2) is 15.7 Å². The maximum atomic E-state index is 12.9. The van der Waals surface area contributed by atoms with Gasteiger partial charge < -0.3 is 4.74 Å². The smallest absolute Gasteiger partial charge is 0.364 e. The van der Waals surface area contributed by atoms with Gasteiger partial charge in [-0.05, 0) is 34.9 Å². The topological polar surface area (TPSA) is 61.2 Å². The highest BCUT2D eigenvalue weighted by molar-refractivity contribution is 6.03. The number of carbonyl (C=O) groups excluding carboxylic acids is 1. The van der Waals surface area contributed by atoms with Crippen LogP contribution in [0.25, 0.3) is 21.5 Å². The fraction of sp³-hybridized carbons (Fsp3) is 0.174. The van der Waals surface area contributed by atoms with Gasteiger partial charge in [-0.1, -0.05) is 62.4 Å². The lowest BCUT2D eigenvalue weighted by molar-refractivity contribution is 0.0728. The van der Waals surface area contributed by atoms with Gasteiger partial charge in [-0.3, -0.25) is 4.79 Å². The lowest BCUT2D eigenvalue weighted by Gasteiger charge is -2.12. The molecule has 0 radical (unpaired) electrons. The second kappa shape index (κ2) is 7.27. The first-order valence-electron chi connectivity index (χ1n) is 9.24. The van der Waals surface area contributed by atoms with E-state index in [1.807, 2.05) is 50.2 Å². The Hall–Kier alpha value is -3.47. The van der Waals surface area contributed by atoms with Crippen molar-refractivity contribution in [1.82, 2.24) is 9.78 Å². The van der Waals surface area contributed by atoms with Gasteiger partial charge in [0.15, 0.2) is 5.69 Å². The molecule has 0 aliphatic rings. The van der Waals surface area contributed by atoms with Crippen LogP contribution in [0.2, 0.25) is 0 Å². The first-order valence-corrected chi connectivity index (χ1v) is 9.24. The number of rotatable bonds is 4. The normalized spacial score (nSPS) is 11.2. The largest absolute Gasteiger partial charge is 0.422 e. The molecule has 0 aliphatic carbocycles. The van der Waals surface area contributed by atoms with Crippen LogP contribution < -0.4 is 10.3 Å². The summed E-state index contributed by atoms with van der Waals surface area (Å²) in [6.45, 7) is 4.42. The predicted octanol–water partition coefficient (Wildman–Crippen LogP) is 4.42. The monoisotopic (exact) mass is 372 g/mol. The van der Waals surface area contributed by atoms with Gasteiger partial charge in [0.25, 0.3) is 5.56 Å². The molecule has 0 saturated heterocycles. The van der Waals surface area contributed by atoms with Crippen molar-refractivity contribution in [3.63, 3.8) is 0 Å². The molecular weight excluding hydrogens is 352 g/mol. The van der Waals surface area contributed by atoms with Crippen molar-refractivity contribution in [2.75, 3.05) is 0 Å². The molecule has 0 saturated carbocycles. The molecule has 28 heavy (non-hydrogen) atoms. The highest BCUT2D eigenvalue weighted by atomic mass is 16.5. The van der Waals surface area contributed by atoms with Crippen LogP contribution in [-0.2, 0) is 6.54 Å². The lowest BCUT2D eigenvalue weighted by Crippen LogP contribution is -2.28. The summed E-state index contributed by atoms with van der Waals surface area (Å²) in [5, 5.41) is 7.34. The molecular formula is C23H20N2O3. The Morgan fingerprint density at radius 2 is 1.64 bits per heavy atom. The molecule has 3 aromatic carbocycles. The van der Waals surface area contributed by atoms with E-state index in [4.69, 9.17) is 4.74 Å². The van der Waals surface area contributed by atoms with Crippen LogP contribution in [0.15, 0.2) is 71.5 Å². The molecule has 0 N–H and O–H groups in total. The van der Waals surface area contributed by atoms with Gasteiger partial charge in [0, 0.05) is 11.9 Å². The highest BCUT2D eigenvalue weighted by Gasteiger charge is 2.19. The summed E-state index contributed by atoms with van der Waals surface area (Å²) >= 11 is 0. The molecule has 4 rings (SSSR count). The number of ether oxygens (including phenoxy) is 1. The molecule has 0 fully saturated rings. The lowest BCUT2D eigenvalue weighted by atomic mass is 10.1. The number of benzene rings is 3. The zero-order valence-electron chi connectivity index (χ0n) is 15.8. The third-order valence-electron chi connectivity index (χ3n) is 4.53. The van der Waals surface area contributed by atoms with E-state index in [1.54, 1.807) is 30.3 Å². The summed E-state index contributed by atoms with van der Waals surface area (Å²) in [7, 11) is 0. The Morgan fingerprint density at radius 3 is 2.39 bits per heavy atom. The Labute approximate surface area is 162 Å². The van der Waals surface area contributed by atoms with Crippen LogP contribution >= 0.6 is 0 Å². The van der Waals surface area contributed by atoms with Gasteiger partial charge in [0.05, 0.1) is 5.39 Å². The van der Waals surface area contributed by atoms with Crippen LogP contribution in [0.1, 0.15) is 24.3 Å². The average molecular weight is 372 g/mol. The van der Waals surface area contributed by atoms with Gasteiger partial charge >= 0.3 is 5.97 Å². The van der Waals surface area contributed by atoms with Crippen LogP contribution in [0.4, 0.5) is 0 Å². The first-order chi connectivity index (χ1) is 13.5. The summed E-state index contributed by atoms with van der Waals surface area (Å²) in [6, 6.07) is 20.3. The van der Waals surface area contributed by atoms with Crippen molar-refractivity contribution in [2.24, 2.45) is 5.92 Å². The summed E-state index contributed by atoms with van der Waals surface area (Å²) in [6.07, 6.45) is 0. The Kier molecular flexibility index (Phi) is 4.65. The highest BCUT2D eigenvalue weighted by Crippen LogP contribution is 2.22. The van der Waals surface area contributed by atoms with Crippen molar-refractivity contribution in [3.05, 3.63) is 82.8 Å². The van der Waals surface area contributed by atoms with Crippen molar-refractivity contribution < 1.29 is 9.53 Å². The van der Waals surface area contributed by atoms with E-state index < -0.39 is 5.97 Å². The van der Waals surface area contributed by atoms with Gasteiger partial charge in [-0.15, -0.1) is 0 Å². The third kappa shape index (κ3) is 3.39. The minimum atomic E-state index is -0.580. The zero-order chi connectivity index (χ0) is 19.7. The van der Waals surface area contributed by atoms with Crippen molar-refractivity contribution >= 4 is 27.5 Å². The quantitative estimate of drug-likeness (QED) is 0.393. The summed E-state index contributed by atoms with van der Waals surface area (Å²) < 4.78 is 6.95. The minimum Gasteiger partial charge on any atom is -0.422 e. The summed E-state index contributed by atoms with van der Waals surface area (Å²) in [5.41, 5.74) is -0.0597. The zero-order valence-corrected chi connectivity index (χ0v) is 15.8. The van der Waals surface area contributed by atoms with E-state index in [-0.39, 0.29) is 17.2 Å². The second-order valence-corrected chi connectivity index (χ2v) is 7.17. The van der Waals surface area contributed by atoms with Crippen molar-refractivity contribution in [1.29, 1.82) is 0 Å². The standard InChI is InChI=1S/C23H20N2O3/c1-15(2)14-25-22(26)20-10-6-5-9-19(20)21(24-25)23(27)28-18-12-11-16-7-3-4-8-17(16)13-18/h3-13,15H,14H2,1-2H3. The second-order valence-electron chi connectivity index (χ2n) is 7.17. The van der Waals surface area contributed by atoms with E-state index in [0.29, 0.717) is 23.1 Å². The van der Waals surface area contributed by atoms with E-state index >= 15 is 0 Å². The van der Waals surface area contributed by atoms with Gasteiger partial charge in [0.1, 0.15) is 5.75 Å².